The Balaban J connectivity index is 1.38. The Hall–Kier alpha value is 0.350. The molecule has 1 heteroatoms. The number of hydrogen-bond donors (Lipinski definition) is 0. The maximum Gasteiger partial charge on any atom is 0.00444 e. The summed E-state index contributed by atoms with van der Waals surface area (Å²) >= 11 is 2.12. The van der Waals surface area contributed by atoms with Crippen LogP contribution >= 0.6 is 11.8 Å². The number of hydrogen-bond acceptors (Lipinski definition) is 1. The summed E-state index contributed by atoms with van der Waals surface area (Å²) in [6.45, 7) is 4.78. The average Bonchev–Trinajstić information content (AvgIpc) is 2.74. The molecule has 0 amide bonds. The zero-order valence-corrected chi connectivity index (χ0v) is 19.6. The van der Waals surface area contributed by atoms with Gasteiger partial charge in [0.25, 0.3) is 0 Å². The van der Waals surface area contributed by atoms with Crippen molar-refractivity contribution in [3.63, 3.8) is 0 Å². The molecule has 0 aliphatic heterocycles. The van der Waals surface area contributed by atoms with Crippen molar-refractivity contribution in [3.05, 3.63) is 0 Å². The van der Waals surface area contributed by atoms with Gasteiger partial charge in [-0.25, -0.2) is 0 Å². The molecule has 3 rings (SSSR count). The van der Waals surface area contributed by atoms with Crippen molar-refractivity contribution in [3.8, 4) is 0 Å². The van der Waals surface area contributed by atoms with E-state index < -0.39 is 0 Å². The normalized spacial score (nSPS) is 38.2. The fourth-order valence-corrected chi connectivity index (χ4v) is 8.07. The first-order chi connectivity index (χ1) is 13.2. The van der Waals surface area contributed by atoms with E-state index in [9.17, 15) is 0 Å². The Labute approximate surface area is 175 Å². The highest BCUT2D eigenvalue weighted by Crippen LogP contribution is 2.47. The first-order valence-corrected chi connectivity index (χ1v) is 14.1. The molecule has 3 fully saturated rings. The molecule has 0 unspecified atom stereocenters. The van der Waals surface area contributed by atoms with Gasteiger partial charge in [0.05, 0.1) is 0 Å². The van der Waals surface area contributed by atoms with Crippen LogP contribution in [0.25, 0.3) is 0 Å². The van der Waals surface area contributed by atoms with Gasteiger partial charge in [0, 0.05) is 5.25 Å². The van der Waals surface area contributed by atoms with Crippen LogP contribution in [-0.2, 0) is 0 Å². The van der Waals surface area contributed by atoms with E-state index in [1.54, 1.807) is 64.2 Å². The van der Waals surface area contributed by atoms with E-state index in [0.29, 0.717) is 0 Å². The van der Waals surface area contributed by atoms with E-state index >= 15 is 0 Å². The van der Waals surface area contributed by atoms with E-state index in [1.165, 1.54) is 38.5 Å². The monoisotopic (exact) mass is 392 g/mol. The van der Waals surface area contributed by atoms with Crippen LogP contribution in [0.1, 0.15) is 117 Å². The molecular weight excluding hydrogens is 344 g/mol. The van der Waals surface area contributed by atoms with Gasteiger partial charge in [-0.2, -0.15) is 11.8 Å². The van der Waals surface area contributed by atoms with Crippen molar-refractivity contribution in [2.24, 2.45) is 35.5 Å². The molecule has 0 aromatic rings. The zero-order valence-electron chi connectivity index (χ0n) is 18.8. The lowest BCUT2D eigenvalue weighted by molar-refractivity contribution is 0.0988. The van der Waals surface area contributed by atoms with E-state index in [0.717, 1.165) is 40.8 Å². The maximum absolute atomic E-state index is 2.39. The third-order valence-electron chi connectivity index (χ3n) is 9.00. The van der Waals surface area contributed by atoms with Gasteiger partial charge < -0.3 is 0 Å². The van der Waals surface area contributed by atoms with Crippen LogP contribution < -0.4 is 0 Å². The molecule has 0 aromatic heterocycles. The third kappa shape index (κ3) is 6.16. The Kier molecular flexibility index (Phi) is 9.40. The molecule has 0 aromatic carbocycles. The van der Waals surface area contributed by atoms with Crippen LogP contribution in [0.15, 0.2) is 0 Å². The fraction of sp³-hybridized carbons (Fsp3) is 1.00. The van der Waals surface area contributed by atoms with Gasteiger partial charge in [-0.05, 0) is 119 Å². The van der Waals surface area contributed by atoms with Crippen molar-refractivity contribution in [1.29, 1.82) is 0 Å². The van der Waals surface area contributed by atoms with Gasteiger partial charge >= 0.3 is 0 Å². The summed E-state index contributed by atoms with van der Waals surface area (Å²) in [6, 6.07) is 0. The fourth-order valence-electron chi connectivity index (χ4n) is 7.33. The van der Waals surface area contributed by atoms with Gasteiger partial charge in [-0.15, -0.1) is 0 Å². The number of thioether (sulfide) groups is 1. The van der Waals surface area contributed by atoms with Gasteiger partial charge in [0.2, 0.25) is 0 Å². The summed E-state index contributed by atoms with van der Waals surface area (Å²) in [7, 11) is 0. The molecule has 0 spiro atoms. The summed E-state index contributed by atoms with van der Waals surface area (Å²) in [4.78, 5) is 0. The highest BCUT2D eigenvalue weighted by atomic mass is 32.2. The summed E-state index contributed by atoms with van der Waals surface area (Å²) in [5, 5.41) is 0.983. The summed E-state index contributed by atoms with van der Waals surface area (Å²) in [5.41, 5.74) is 0. The minimum absolute atomic E-state index is 0.983. The number of rotatable bonds is 8. The van der Waals surface area contributed by atoms with Gasteiger partial charge in [0.1, 0.15) is 0 Å². The second-order valence-electron chi connectivity index (χ2n) is 10.5. The Morgan fingerprint density at radius 1 is 0.593 bits per heavy atom. The molecule has 0 radical (unpaired) electrons. The first kappa shape index (κ1) is 22.0. The standard InChI is InChI=1S/C26H48S/c1-4-6-20(7-5-2)21-8-10-22(11-9-21)23-12-14-24(15-13-23)25-16-18-26(27-3)19-17-25/h20-26H,4-19H2,1-3H3. The van der Waals surface area contributed by atoms with Crippen LogP contribution in [0.4, 0.5) is 0 Å². The Morgan fingerprint density at radius 3 is 1.33 bits per heavy atom. The minimum Gasteiger partial charge on any atom is -0.162 e. The van der Waals surface area contributed by atoms with Gasteiger partial charge in [0.15, 0.2) is 0 Å². The first-order valence-electron chi connectivity index (χ1n) is 12.8. The molecule has 0 N–H and O–H groups in total. The molecule has 27 heavy (non-hydrogen) atoms. The molecule has 0 saturated heterocycles. The zero-order chi connectivity index (χ0) is 19.1. The van der Waals surface area contributed by atoms with Crippen LogP contribution in [0, 0.1) is 35.5 Å². The van der Waals surface area contributed by atoms with E-state index in [2.05, 4.69) is 31.9 Å². The second kappa shape index (κ2) is 11.5. The minimum atomic E-state index is 0.983. The van der Waals surface area contributed by atoms with Crippen LogP contribution in [0.3, 0.4) is 0 Å². The van der Waals surface area contributed by atoms with Crippen molar-refractivity contribution >= 4 is 11.8 Å². The lowest BCUT2D eigenvalue weighted by Gasteiger charge is -2.42. The molecule has 158 valence electrons. The molecule has 3 aliphatic rings. The van der Waals surface area contributed by atoms with E-state index in [4.69, 9.17) is 0 Å². The molecule has 3 saturated carbocycles. The van der Waals surface area contributed by atoms with Crippen LogP contribution in [-0.4, -0.2) is 11.5 Å². The highest BCUT2D eigenvalue weighted by molar-refractivity contribution is 7.99. The van der Waals surface area contributed by atoms with Crippen molar-refractivity contribution < 1.29 is 0 Å². The summed E-state index contributed by atoms with van der Waals surface area (Å²) in [5.74, 6) is 6.50. The van der Waals surface area contributed by atoms with Crippen LogP contribution in [0.2, 0.25) is 0 Å². The molecule has 0 bridgehead atoms. The lowest BCUT2D eigenvalue weighted by Crippen LogP contribution is -2.31. The molecule has 0 nitrogen and oxygen atoms in total. The predicted molar refractivity (Wildman–Crippen MR) is 123 cm³/mol. The second-order valence-corrected chi connectivity index (χ2v) is 11.6. The maximum atomic E-state index is 2.39. The SMILES string of the molecule is CCCC(CCC)C1CCC(C2CCC(C3CCC(SC)CC3)CC2)CC1. The van der Waals surface area contributed by atoms with Crippen molar-refractivity contribution in [2.45, 2.75) is 122 Å². The lowest BCUT2D eigenvalue weighted by atomic mass is 9.64. The summed E-state index contributed by atoms with van der Waals surface area (Å²) < 4.78 is 0. The molecule has 0 atom stereocenters. The van der Waals surface area contributed by atoms with Crippen molar-refractivity contribution in [2.75, 3.05) is 6.26 Å². The van der Waals surface area contributed by atoms with Gasteiger partial charge in [-0.3, -0.25) is 0 Å². The summed E-state index contributed by atoms with van der Waals surface area (Å²) in [6.07, 6.45) is 26.8. The van der Waals surface area contributed by atoms with Crippen LogP contribution in [0.5, 0.6) is 0 Å². The smallest absolute Gasteiger partial charge is 0.00444 e. The topological polar surface area (TPSA) is 0 Å². The molecule has 0 heterocycles. The highest BCUT2D eigenvalue weighted by Gasteiger charge is 2.35. The van der Waals surface area contributed by atoms with E-state index in [-0.39, 0.29) is 0 Å². The quantitative estimate of drug-likeness (QED) is 0.398. The average molecular weight is 393 g/mol. The predicted octanol–water partition coefficient (Wildman–Crippen LogP) is 8.74. The molecule has 3 aliphatic carbocycles. The van der Waals surface area contributed by atoms with Gasteiger partial charge in [-0.1, -0.05) is 39.5 Å². The van der Waals surface area contributed by atoms with Crippen molar-refractivity contribution in [1.82, 2.24) is 0 Å². The third-order valence-corrected chi connectivity index (χ3v) is 10.1. The largest absolute Gasteiger partial charge is 0.162 e. The van der Waals surface area contributed by atoms with E-state index in [1.807, 2.05) is 0 Å². The Morgan fingerprint density at radius 2 is 0.963 bits per heavy atom. The Bertz CT molecular complexity index is 375. The molecular formula is C26H48S.